The van der Waals surface area contributed by atoms with Gasteiger partial charge < -0.3 is 0 Å². The van der Waals surface area contributed by atoms with Crippen molar-refractivity contribution in [3.63, 3.8) is 0 Å². The Morgan fingerprint density at radius 1 is 1.35 bits per heavy atom. The van der Waals surface area contributed by atoms with E-state index in [1.807, 2.05) is 6.92 Å². The second kappa shape index (κ2) is 5.27. The van der Waals surface area contributed by atoms with Gasteiger partial charge in [-0.3, -0.25) is 9.69 Å². The number of hydrogen-bond donors (Lipinski definition) is 0. The van der Waals surface area contributed by atoms with E-state index in [0.717, 1.165) is 28.7 Å². The largest absolute Gasteiger partial charge is 0.294 e. The molecule has 0 saturated carbocycles. The summed E-state index contributed by atoms with van der Waals surface area (Å²) in [6.45, 7) is 8.08. The first-order chi connectivity index (χ1) is 8.09. The third-order valence-corrected chi connectivity index (χ3v) is 4.86. The fraction of sp³-hybridized carbons (Fsp3) is 0.692. The minimum atomic E-state index is 0.136. The van der Waals surface area contributed by atoms with Crippen molar-refractivity contribution in [2.45, 2.75) is 46.1 Å². The van der Waals surface area contributed by atoms with Gasteiger partial charge in [0.1, 0.15) is 5.01 Å². The number of thiazole rings is 1. The van der Waals surface area contributed by atoms with Crippen LogP contribution in [0.4, 0.5) is 0 Å². The van der Waals surface area contributed by atoms with Crippen LogP contribution < -0.4 is 0 Å². The minimum Gasteiger partial charge on any atom is -0.294 e. The number of ketones is 1. The van der Waals surface area contributed by atoms with Crippen molar-refractivity contribution < 1.29 is 4.79 Å². The van der Waals surface area contributed by atoms with Gasteiger partial charge in [-0.1, -0.05) is 6.42 Å². The van der Waals surface area contributed by atoms with Crippen LogP contribution in [0.5, 0.6) is 0 Å². The first-order valence-electron chi connectivity index (χ1n) is 6.32. The Bertz CT molecular complexity index is 408. The summed E-state index contributed by atoms with van der Waals surface area (Å²) in [5, 5.41) is 1.09. The predicted molar refractivity (Wildman–Crippen MR) is 70.7 cm³/mol. The number of nitrogens with zero attached hydrogens (tertiary/aromatic N) is 2. The monoisotopic (exact) mass is 252 g/mol. The average Bonchev–Trinajstić information content (AvgIpc) is 2.71. The fourth-order valence-corrected chi connectivity index (χ4v) is 3.43. The zero-order chi connectivity index (χ0) is 12.4. The molecule has 0 radical (unpaired) electrons. The zero-order valence-corrected chi connectivity index (χ0v) is 11.6. The van der Waals surface area contributed by atoms with Crippen LogP contribution in [-0.4, -0.2) is 28.8 Å². The highest BCUT2D eigenvalue weighted by Crippen LogP contribution is 2.29. The molecule has 3 nitrogen and oxygen atoms in total. The van der Waals surface area contributed by atoms with E-state index in [1.54, 1.807) is 18.3 Å². The molecule has 94 valence electrons. The molecule has 1 atom stereocenters. The molecule has 0 aliphatic carbocycles. The Morgan fingerprint density at radius 3 is 2.53 bits per heavy atom. The van der Waals surface area contributed by atoms with Crippen LogP contribution in [0.15, 0.2) is 0 Å². The molecule has 17 heavy (non-hydrogen) atoms. The third-order valence-electron chi connectivity index (χ3n) is 3.43. The highest BCUT2D eigenvalue weighted by atomic mass is 32.1. The molecule has 0 aromatic carbocycles. The summed E-state index contributed by atoms with van der Waals surface area (Å²) in [5.74, 6) is 0.136. The highest BCUT2D eigenvalue weighted by molar-refractivity contribution is 7.13. The lowest BCUT2D eigenvalue weighted by Crippen LogP contribution is -2.32. The van der Waals surface area contributed by atoms with Gasteiger partial charge in [-0.15, -0.1) is 11.3 Å². The number of carbonyl (C=O) groups is 1. The second-order valence-electron chi connectivity index (χ2n) is 4.80. The van der Waals surface area contributed by atoms with E-state index in [-0.39, 0.29) is 5.78 Å². The van der Waals surface area contributed by atoms with Crippen LogP contribution in [-0.2, 0) is 0 Å². The summed E-state index contributed by atoms with van der Waals surface area (Å²) in [6.07, 6.45) is 3.92. The van der Waals surface area contributed by atoms with E-state index in [4.69, 9.17) is 0 Å². The van der Waals surface area contributed by atoms with Crippen molar-refractivity contribution in [2.24, 2.45) is 0 Å². The summed E-state index contributed by atoms with van der Waals surface area (Å²) >= 11 is 1.57. The van der Waals surface area contributed by atoms with E-state index < -0.39 is 0 Å². The Morgan fingerprint density at radius 2 is 2.00 bits per heavy atom. The maximum Gasteiger partial charge on any atom is 0.171 e. The Balaban J connectivity index is 2.15. The topological polar surface area (TPSA) is 33.2 Å². The summed E-state index contributed by atoms with van der Waals surface area (Å²) in [6, 6.07) is 0.354. The minimum absolute atomic E-state index is 0.136. The van der Waals surface area contributed by atoms with Crippen molar-refractivity contribution in [3.05, 3.63) is 15.6 Å². The molecule has 4 heteroatoms. The molecule has 2 rings (SSSR count). The molecule has 0 spiro atoms. The first-order valence-corrected chi connectivity index (χ1v) is 7.13. The number of aryl methyl sites for hydroxylation is 1. The lowest BCUT2D eigenvalue weighted by molar-refractivity contribution is 0.102. The van der Waals surface area contributed by atoms with Crippen LogP contribution in [0.2, 0.25) is 0 Å². The fourth-order valence-electron chi connectivity index (χ4n) is 2.38. The van der Waals surface area contributed by atoms with Crippen LogP contribution in [0, 0.1) is 6.92 Å². The van der Waals surface area contributed by atoms with Crippen LogP contribution >= 0.6 is 11.3 Å². The van der Waals surface area contributed by atoms with E-state index in [1.165, 1.54) is 19.3 Å². The molecule has 0 N–H and O–H groups in total. The van der Waals surface area contributed by atoms with Gasteiger partial charge in [0.05, 0.1) is 16.6 Å². The molecule has 1 aliphatic rings. The SMILES string of the molecule is CC(=O)c1sc(C(C)N2CCCCC2)nc1C. The smallest absolute Gasteiger partial charge is 0.171 e. The third kappa shape index (κ3) is 2.75. The van der Waals surface area contributed by atoms with Crippen LogP contribution in [0.1, 0.15) is 59.5 Å². The molecular weight excluding hydrogens is 232 g/mol. The van der Waals surface area contributed by atoms with Crippen molar-refractivity contribution in [3.8, 4) is 0 Å². The average molecular weight is 252 g/mol. The molecule has 1 unspecified atom stereocenters. The normalized spacial score (nSPS) is 19.2. The summed E-state index contributed by atoms with van der Waals surface area (Å²) in [7, 11) is 0. The zero-order valence-electron chi connectivity index (χ0n) is 10.8. The maximum absolute atomic E-state index is 11.4. The van der Waals surface area contributed by atoms with Gasteiger partial charge in [0.2, 0.25) is 0 Å². The molecule has 0 bridgehead atoms. The van der Waals surface area contributed by atoms with Gasteiger partial charge in [-0.2, -0.15) is 0 Å². The van der Waals surface area contributed by atoms with Crippen LogP contribution in [0.25, 0.3) is 0 Å². The quantitative estimate of drug-likeness (QED) is 0.775. The van der Waals surface area contributed by atoms with Gasteiger partial charge in [0, 0.05) is 6.92 Å². The highest BCUT2D eigenvalue weighted by Gasteiger charge is 2.22. The number of hydrogen-bond acceptors (Lipinski definition) is 4. The molecule has 1 aliphatic heterocycles. The van der Waals surface area contributed by atoms with E-state index in [9.17, 15) is 4.79 Å². The van der Waals surface area contributed by atoms with E-state index in [2.05, 4.69) is 16.8 Å². The van der Waals surface area contributed by atoms with Gasteiger partial charge in [0.15, 0.2) is 5.78 Å². The van der Waals surface area contributed by atoms with Gasteiger partial charge in [-0.25, -0.2) is 4.98 Å². The van der Waals surface area contributed by atoms with Crippen molar-refractivity contribution in [2.75, 3.05) is 13.1 Å². The lowest BCUT2D eigenvalue weighted by Gasteiger charge is -2.31. The number of rotatable bonds is 3. The van der Waals surface area contributed by atoms with Crippen molar-refractivity contribution in [1.82, 2.24) is 9.88 Å². The van der Waals surface area contributed by atoms with Gasteiger partial charge in [0.25, 0.3) is 0 Å². The molecule has 1 aromatic heterocycles. The molecule has 1 fully saturated rings. The van der Waals surface area contributed by atoms with Crippen LogP contribution in [0.3, 0.4) is 0 Å². The van der Waals surface area contributed by atoms with Crippen molar-refractivity contribution >= 4 is 17.1 Å². The second-order valence-corrected chi connectivity index (χ2v) is 5.83. The van der Waals surface area contributed by atoms with E-state index >= 15 is 0 Å². The van der Waals surface area contributed by atoms with E-state index in [0.29, 0.717) is 6.04 Å². The molecule has 1 saturated heterocycles. The number of likely N-dealkylation sites (tertiary alicyclic amines) is 1. The number of piperidine rings is 1. The molecule has 2 heterocycles. The van der Waals surface area contributed by atoms with Gasteiger partial charge in [-0.05, 0) is 39.8 Å². The lowest BCUT2D eigenvalue weighted by atomic mass is 10.1. The first kappa shape index (κ1) is 12.7. The Labute approximate surface area is 107 Å². The summed E-state index contributed by atoms with van der Waals surface area (Å²) in [5.41, 5.74) is 0.890. The number of aromatic nitrogens is 1. The van der Waals surface area contributed by atoms with Gasteiger partial charge >= 0.3 is 0 Å². The summed E-state index contributed by atoms with van der Waals surface area (Å²) < 4.78 is 0. The predicted octanol–water partition coefficient (Wildman–Crippen LogP) is 3.20. The number of carbonyl (C=O) groups excluding carboxylic acids is 1. The molecule has 1 aromatic rings. The Hall–Kier alpha value is -0.740. The number of Topliss-reactive ketones (excluding diaryl/α,β-unsaturated/α-hetero) is 1. The molecule has 0 amide bonds. The standard InChI is InChI=1S/C13H20N2OS/c1-9-12(11(3)16)17-13(14-9)10(2)15-7-5-4-6-8-15/h10H,4-8H2,1-3H3. The summed E-state index contributed by atoms with van der Waals surface area (Å²) in [4.78, 5) is 19.3. The van der Waals surface area contributed by atoms with Crippen molar-refractivity contribution in [1.29, 1.82) is 0 Å². The molecular formula is C13H20N2OS. The maximum atomic E-state index is 11.4. The Kier molecular flexibility index (Phi) is 3.94.